The number of amides is 2. The van der Waals surface area contributed by atoms with Crippen LogP contribution in [-0.2, 0) is 4.74 Å². The number of nitrogens with one attached hydrogen (secondary N) is 1. The highest BCUT2D eigenvalue weighted by Crippen LogP contribution is 2.39. The summed E-state index contributed by atoms with van der Waals surface area (Å²) in [4.78, 5) is 23.6. The molecule has 0 aliphatic carbocycles. The summed E-state index contributed by atoms with van der Waals surface area (Å²) >= 11 is 1.47. The third-order valence-electron chi connectivity index (χ3n) is 6.12. The lowest BCUT2D eigenvalue weighted by atomic mass is 9.81. The van der Waals surface area contributed by atoms with E-state index in [2.05, 4.69) is 22.2 Å². The number of aliphatic hydroxyl groups is 1. The maximum Gasteiger partial charge on any atom is 0.323 e. The maximum atomic E-state index is 12.7. The maximum absolute atomic E-state index is 12.7. The molecule has 2 aliphatic rings. The fourth-order valence-electron chi connectivity index (χ4n) is 3.99. The number of fused-ring (bicyclic) bond motifs is 1. The minimum atomic E-state index is -0.149. The normalized spacial score (nSPS) is 20.0. The number of carbonyl (C=O) groups excluding carboxylic acids is 1. The number of anilines is 1. The van der Waals surface area contributed by atoms with Crippen LogP contribution in [0.15, 0.2) is 6.20 Å². The number of hydrogen-bond acceptors (Lipinski definition) is 7. The first kappa shape index (κ1) is 20.3. The number of likely N-dealkylation sites (tertiary alicyclic amines) is 1. The number of nitrogens with zero attached hydrogens (tertiary/aromatic N) is 3. The first-order valence-corrected chi connectivity index (χ1v) is 10.9. The predicted octanol–water partition coefficient (Wildman–Crippen LogP) is 3.22. The van der Waals surface area contributed by atoms with Gasteiger partial charge in [0.25, 0.3) is 0 Å². The number of ether oxygens (including phenoxy) is 2. The Bertz CT molecular complexity index is 873. The topological polar surface area (TPSA) is 96.8 Å². The molecule has 0 aromatic carbocycles. The van der Waals surface area contributed by atoms with E-state index in [0.29, 0.717) is 35.5 Å². The highest BCUT2D eigenvalue weighted by Gasteiger charge is 2.31. The lowest BCUT2D eigenvalue weighted by Gasteiger charge is -2.37. The molecule has 2 aromatic rings. The number of rotatable bonds is 4. The Hall–Kier alpha value is -1.97. The molecule has 2 N–H and O–H groups in total. The Morgan fingerprint density at radius 2 is 2.14 bits per heavy atom. The molecule has 0 atom stereocenters. The minimum Gasteiger partial charge on any atom is -0.479 e. The zero-order valence-corrected chi connectivity index (χ0v) is 17.8. The van der Waals surface area contributed by atoms with E-state index in [9.17, 15) is 9.90 Å². The van der Waals surface area contributed by atoms with Crippen LogP contribution < -0.4 is 10.1 Å². The average Bonchev–Trinajstić information content (AvgIpc) is 3.17. The third kappa shape index (κ3) is 4.17. The second kappa shape index (κ2) is 8.41. The minimum absolute atomic E-state index is 0.0930. The van der Waals surface area contributed by atoms with Gasteiger partial charge in [0, 0.05) is 39.1 Å². The van der Waals surface area contributed by atoms with Crippen LogP contribution in [-0.4, -0.2) is 66.0 Å². The molecule has 4 rings (SSSR count). The Labute approximate surface area is 174 Å². The molecule has 2 fully saturated rings. The summed E-state index contributed by atoms with van der Waals surface area (Å²) < 4.78 is 11.9. The van der Waals surface area contributed by atoms with Crippen molar-refractivity contribution in [3.63, 3.8) is 0 Å². The van der Waals surface area contributed by atoms with Gasteiger partial charge < -0.3 is 19.5 Å². The second-order valence-electron chi connectivity index (χ2n) is 8.19. The van der Waals surface area contributed by atoms with Gasteiger partial charge in [-0.1, -0.05) is 18.3 Å². The quantitative estimate of drug-likeness (QED) is 0.788. The van der Waals surface area contributed by atoms with E-state index >= 15 is 0 Å². The van der Waals surface area contributed by atoms with Crippen LogP contribution >= 0.6 is 11.3 Å². The number of urea groups is 1. The fraction of sp³-hybridized carbons (Fsp3) is 0.650. The zero-order chi connectivity index (χ0) is 20.4. The molecule has 2 aliphatic heterocycles. The molecule has 0 unspecified atom stereocenters. The van der Waals surface area contributed by atoms with Crippen molar-refractivity contribution < 1.29 is 19.4 Å². The molecule has 2 saturated heterocycles. The first-order chi connectivity index (χ1) is 14.0. The van der Waals surface area contributed by atoms with E-state index in [1.54, 1.807) is 12.0 Å². The van der Waals surface area contributed by atoms with E-state index in [-0.39, 0.29) is 18.1 Å². The average molecular weight is 421 g/mol. The Kier molecular flexibility index (Phi) is 5.89. The highest BCUT2D eigenvalue weighted by molar-refractivity contribution is 7.22. The standard InChI is InChI=1S/C20H28N4O4S/c1-20(12-25)5-7-24(8-6-20)19(26)23-18-22-15-16(29-18)14(11-21-17(15)27-2)13-3-9-28-10-4-13/h11,13,25H,3-10,12H2,1-2H3,(H,22,23,26). The fourth-order valence-corrected chi connectivity index (χ4v) is 5.02. The van der Waals surface area contributed by atoms with Crippen molar-refractivity contribution in [2.45, 2.75) is 38.5 Å². The molecule has 158 valence electrons. The highest BCUT2D eigenvalue weighted by atomic mass is 32.1. The number of aromatic nitrogens is 2. The summed E-state index contributed by atoms with van der Waals surface area (Å²) in [6.45, 7) is 4.98. The van der Waals surface area contributed by atoms with Crippen LogP contribution in [0.5, 0.6) is 5.88 Å². The van der Waals surface area contributed by atoms with Gasteiger partial charge >= 0.3 is 6.03 Å². The third-order valence-corrected chi connectivity index (χ3v) is 7.14. The lowest BCUT2D eigenvalue weighted by molar-refractivity contribution is 0.0728. The Morgan fingerprint density at radius 3 is 2.79 bits per heavy atom. The predicted molar refractivity (Wildman–Crippen MR) is 112 cm³/mol. The molecular weight excluding hydrogens is 392 g/mol. The monoisotopic (exact) mass is 420 g/mol. The van der Waals surface area contributed by atoms with Crippen LogP contribution in [0.4, 0.5) is 9.93 Å². The van der Waals surface area contributed by atoms with Gasteiger partial charge in [0.15, 0.2) is 5.13 Å². The molecule has 9 heteroatoms. The van der Waals surface area contributed by atoms with Crippen molar-refractivity contribution in [2.24, 2.45) is 5.41 Å². The van der Waals surface area contributed by atoms with Crippen molar-refractivity contribution in [2.75, 3.05) is 45.3 Å². The molecule has 29 heavy (non-hydrogen) atoms. The van der Waals surface area contributed by atoms with Crippen molar-refractivity contribution in [3.05, 3.63) is 11.8 Å². The number of piperidine rings is 1. The van der Waals surface area contributed by atoms with Crippen LogP contribution in [0.25, 0.3) is 10.2 Å². The lowest BCUT2D eigenvalue weighted by Crippen LogP contribution is -2.45. The molecule has 2 amide bonds. The smallest absolute Gasteiger partial charge is 0.323 e. The van der Waals surface area contributed by atoms with E-state index in [1.807, 2.05) is 6.20 Å². The van der Waals surface area contributed by atoms with Crippen molar-refractivity contribution in [3.8, 4) is 5.88 Å². The van der Waals surface area contributed by atoms with Gasteiger partial charge in [0.05, 0.1) is 11.8 Å². The molecule has 0 radical (unpaired) electrons. The van der Waals surface area contributed by atoms with Crippen LogP contribution in [0.1, 0.15) is 44.1 Å². The number of carbonyl (C=O) groups is 1. The number of aliphatic hydroxyl groups excluding tert-OH is 1. The first-order valence-electron chi connectivity index (χ1n) is 10.1. The summed E-state index contributed by atoms with van der Waals surface area (Å²) in [5.74, 6) is 0.858. The van der Waals surface area contributed by atoms with Gasteiger partial charge in [0.2, 0.25) is 5.88 Å². The van der Waals surface area contributed by atoms with Gasteiger partial charge in [0.1, 0.15) is 5.52 Å². The number of pyridine rings is 1. The van der Waals surface area contributed by atoms with Crippen molar-refractivity contribution >= 4 is 32.7 Å². The Balaban J connectivity index is 1.54. The van der Waals surface area contributed by atoms with Gasteiger partial charge in [-0.05, 0) is 42.6 Å². The van der Waals surface area contributed by atoms with Gasteiger partial charge in [-0.25, -0.2) is 14.8 Å². The molecule has 0 saturated carbocycles. The summed E-state index contributed by atoms with van der Waals surface area (Å²) in [5.41, 5.74) is 1.76. The second-order valence-corrected chi connectivity index (χ2v) is 9.19. The van der Waals surface area contributed by atoms with Crippen molar-refractivity contribution in [1.29, 1.82) is 0 Å². The molecule has 0 spiro atoms. The summed E-state index contributed by atoms with van der Waals surface area (Å²) in [6.07, 6.45) is 5.38. The number of methoxy groups -OCH3 is 1. The van der Waals surface area contributed by atoms with Crippen molar-refractivity contribution in [1.82, 2.24) is 14.9 Å². The van der Waals surface area contributed by atoms with Crippen LogP contribution in [0, 0.1) is 5.41 Å². The van der Waals surface area contributed by atoms with Gasteiger partial charge in [-0.2, -0.15) is 0 Å². The van der Waals surface area contributed by atoms with E-state index in [0.717, 1.165) is 49.2 Å². The van der Waals surface area contributed by atoms with E-state index < -0.39 is 0 Å². The van der Waals surface area contributed by atoms with E-state index in [4.69, 9.17) is 9.47 Å². The molecule has 8 nitrogen and oxygen atoms in total. The summed E-state index contributed by atoms with van der Waals surface area (Å²) in [6, 6.07) is -0.149. The summed E-state index contributed by atoms with van der Waals surface area (Å²) in [7, 11) is 1.58. The SMILES string of the molecule is COc1ncc(C2CCOCC2)c2sc(NC(=O)N3CCC(C)(CO)CC3)nc12. The van der Waals surface area contributed by atoms with Gasteiger partial charge in [-0.15, -0.1) is 0 Å². The van der Waals surface area contributed by atoms with Crippen LogP contribution in [0.3, 0.4) is 0 Å². The number of hydrogen-bond donors (Lipinski definition) is 2. The number of thiazole rings is 1. The molecule has 2 aromatic heterocycles. The van der Waals surface area contributed by atoms with E-state index in [1.165, 1.54) is 11.3 Å². The largest absolute Gasteiger partial charge is 0.479 e. The molecule has 0 bridgehead atoms. The van der Waals surface area contributed by atoms with Gasteiger partial charge in [-0.3, -0.25) is 5.32 Å². The summed E-state index contributed by atoms with van der Waals surface area (Å²) in [5, 5.41) is 13.0. The Morgan fingerprint density at radius 1 is 1.41 bits per heavy atom. The molecular formula is C20H28N4O4S. The molecule has 4 heterocycles. The zero-order valence-electron chi connectivity index (χ0n) is 16.9. The van der Waals surface area contributed by atoms with Crippen LogP contribution in [0.2, 0.25) is 0 Å².